The Morgan fingerprint density at radius 1 is 0.167 bits per heavy atom. The Balaban J connectivity index is 0.000000156. The van der Waals surface area contributed by atoms with Gasteiger partial charge in [-0.25, -0.2) is 15.0 Å². The van der Waals surface area contributed by atoms with E-state index in [4.69, 9.17) is 15.0 Å². The second-order valence-electron chi connectivity index (χ2n) is 27.8. The molecule has 0 unspecified atom stereocenters. The van der Waals surface area contributed by atoms with Crippen LogP contribution in [0.15, 0.2) is 370 Å². The maximum absolute atomic E-state index is 5.23. The largest absolute Gasteiger partial charge is 0.248 e. The second-order valence-corrected chi connectivity index (χ2v) is 36.4. The lowest BCUT2D eigenvalue weighted by Gasteiger charge is -2.19. The third-order valence-corrected chi connectivity index (χ3v) is 28.0. The summed E-state index contributed by atoms with van der Waals surface area (Å²) in [7, 11) is -3.45. The minimum Gasteiger partial charge on any atom is -0.248 e. The number of hydrogen-bond acceptors (Lipinski definition) is 3. The molecule has 0 N–H and O–H groups in total. The first-order chi connectivity index (χ1) is 50.1. The lowest BCUT2D eigenvalue weighted by molar-refractivity contribution is 1.18. The third-order valence-electron chi connectivity index (χ3n) is 20.9. The number of rotatable bonds is 12. The molecule has 3 nitrogen and oxygen atoms in total. The van der Waals surface area contributed by atoms with E-state index in [2.05, 4.69) is 384 Å². The van der Waals surface area contributed by atoms with Gasteiger partial charge in [0, 0.05) is 27.8 Å². The van der Waals surface area contributed by atoms with Crippen molar-refractivity contribution in [2.75, 3.05) is 0 Å². The van der Waals surface area contributed by atoms with E-state index < -0.39 is 16.1 Å². The van der Waals surface area contributed by atoms with Gasteiger partial charge in [0.15, 0.2) is 5.82 Å². The van der Waals surface area contributed by atoms with Gasteiger partial charge in [-0.15, -0.1) is 0 Å². The van der Waals surface area contributed by atoms with Gasteiger partial charge in [0.05, 0.1) is 22.8 Å². The number of fused-ring (bicyclic) bond motifs is 6. The van der Waals surface area contributed by atoms with E-state index in [0.29, 0.717) is 5.82 Å². The number of benzene rings is 14. The number of pyridine rings is 1. The molecule has 14 aromatic carbocycles. The van der Waals surface area contributed by atoms with E-state index in [-0.39, 0.29) is 0 Å². The van der Waals surface area contributed by atoms with Gasteiger partial charge in [0.1, 0.15) is 16.1 Å². The van der Waals surface area contributed by atoms with Crippen molar-refractivity contribution >= 4 is 36.9 Å². The quantitative estimate of drug-likeness (QED) is 0.114. The highest BCUT2D eigenvalue weighted by molar-refractivity contribution is 7.04. The molecule has 2 aromatic heterocycles. The predicted molar refractivity (Wildman–Crippen MR) is 436 cm³/mol. The molecule has 0 amide bonds. The number of hydrogen-bond donors (Lipinski definition) is 0. The van der Waals surface area contributed by atoms with Gasteiger partial charge in [-0.2, -0.15) is 0 Å². The van der Waals surface area contributed by atoms with E-state index in [0.717, 1.165) is 61.7 Å². The van der Waals surface area contributed by atoms with Crippen molar-refractivity contribution in [1.29, 1.82) is 0 Å². The van der Waals surface area contributed by atoms with Crippen molar-refractivity contribution < 1.29 is 0 Å². The first kappa shape index (κ1) is 63.2. The molecule has 18 rings (SSSR count). The molecule has 0 saturated carbocycles. The molecule has 2 aliphatic rings. The van der Waals surface area contributed by atoms with Gasteiger partial charge in [0.2, 0.25) is 0 Å². The zero-order valence-corrected chi connectivity index (χ0v) is 59.6. The van der Waals surface area contributed by atoms with E-state index in [1.165, 1.54) is 110 Å². The van der Waals surface area contributed by atoms with E-state index >= 15 is 0 Å². The standard InChI is InChI=1S/C54H40N2Si.C43H33NSi/c1-57(2)51-18-10-9-16-48(51)53-47(17-11-19-52(53)57)43-28-20-41(21-29-43)42-26-34-46(35-27-42)54-55-49(44-30-22-39(23-31-44)37-12-5-3-6-13-37)36-50(56-54)45-32-24-40(25-33-45)38-14-7-4-8-15-38;1-45(2)41-22-12-11-20-38(41)43-36(21-13-23-42(43)45)32-26-24-31(25-27-32)35-18-9-10-19-37(35)40-29-34(30-14-5-3-6-15-30)28-39(44-40)33-16-7-4-8-17-33/h3-36H,1-2H3;3-29H,1-2H3. The Labute approximate surface area is 600 Å². The molecular formula is C97H73N3Si2. The van der Waals surface area contributed by atoms with Crippen LogP contribution in [0.3, 0.4) is 0 Å². The van der Waals surface area contributed by atoms with Crippen LogP contribution in [-0.4, -0.2) is 31.1 Å². The maximum atomic E-state index is 5.23. The molecule has 0 bridgehead atoms. The van der Waals surface area contributed by atoms with Crippen LogP contribution >= 0.6 is 0 Å². The van der Waals surface area contributed by atoms with Crippen molar-refractivity contribution in [2.45, 2.75) is 26.2 Å². The minimum atomic E-state index is -1.73. The monoisotopic (exact) mass is 1340 g/mol. The van der Waals surface area contributed by atoms with Crippen LogP contribution in [0, 0.1) is 0 Å². The van der Waals surface area contributed by atoms with Crippen molar-refractivity contribution in [3.8, 4) is 157 Å². The lowest BCUT2D eigenvalue weighted by Crippen LogP contribution is -2.49. The first-order valence-corrected chi connectivity index (χ1v) is 41.3. The molecule has 2 aliphatic heterocycles. The summed E-state index contributed by atoms with van der Waals surface area (Å²) in [6.45, 7) is 9.91. The van der Waals surface area contributed by atoms with E-state index in [9.17, 15) is 0 Å². The molecule has 102 heavy (non-hydrogen) atoms. The lowest BCUT2D eigenvalue weighted by atomic mass is 9.91. The number of aromatic nitrogens is 3. The topological polar surface area (TPSA) is 38.7 Å². The molecule has 4 heterocycles. The molecule has 0 saturated heterocycles. The summed E-state index contributed by atoms with van der Waals surface area (Å²) in [4.78, 5) is 15.6. The van der Waals surface area contributed by atoms with Gasteiger partial charge in [-0.1, -0.05) is 378 Å². The van der Waals surface area contributed by atoms with Crippen LogP contribution < -0.4 is 20.7 Å². The number of nitrogens with zero attached hydrogens (tertiary/aromatic N) is 3. The van der Waals surface area contributed by atoms with Crippen LogP contribution in [0.4, 0.5) is 0 Å². The summed E-state index contributed by atoms with van der Waals surface area (Å²) in [5.74, 6) is 0.702. The second kappa shape index (κ2) is 26.8. The summed E-state index contributed by atoms with van der Waals surface area (Å²) in [5, 5.41) is 6.14. The average molecular weight is 1340 g/mol. The van der Waals surface area contributed by atoms with Crippen LogP contribution in [0.2, 0.25) is 26.2 Å². The predicted octanol–water partition coefficient (Wildman–Crippen LogP) is 23.2. The van der Waals surface area contributed by atoms with Gasteiger partial charge in [-0.3, -0.25) is 0 Å². The Kier molecular flexibility index (Phi) is 16.6. The van der Waals surface area contributed by atoms with Crippen LogP contribution in [0.5, 0.6) is 0 Å². The molecule has 0 spiro atoms. The Bertz CT molecular complexity index is 5580. The van der Waals surface area contributed by atoms with Crippen LogP contribution in [-0.2, 0) is 0 Å². The molecular weight excluding hydrogens is 1260 g/mol. The maximum Gasteiger partial charge on any atom is 0.160 e. The molecule has 5 heteroatoms. The van der Waals surface area contributed by atoms with Crippen LogP contribution in [0.1, 0.15) is 0 Å². The SMILES string of the molecule is C[Si]1(C)c2ccccc2-c2c(-c3ccc(-c4ccc(-c5nc(-c6ccc(-c7ccccc7)cc6)cc(-c6ccc(-c7ccccc7)cc6)n5)cc4)cc3)cccc21.C[Si]1(C)c2ccccc2-c2c(-c3ccc(-c4ccccc4-c4cc(-c5ccccc5)cc(-c5ccccc5)n4)cc3)cccc21. The molecule has 0 atom stereocenters. The third kappa shape index (κ3) is 12.0. The fourth-order valence-corrected chi connectivity index (χ4v) is 21.6. The van der Waals surface area contributed by atoms with E-state index in [1.807, 2.05) is 12.1 Å². The highest BCUT2D eigenvalue weighted by atomic mass is 28.3. The van der Waals surface area contributed by atoms with Crippen LogP contribution in [0.25, 0.3) is 157 Å². The molecule has 0 aliphatic carbocycles. The molecule has 484 valence electrons. The summed E-state index contributed by atoms with van der Waals surface area (Å²) >= 11 is 0. The normalized spacial score (nSPS) is 12.7. The smallest absolute Gasteiger partial charge is 0.160 e. The Morgan fingerprint density at radius 2 is 0.431 bits per heavy atom. The summed E-state index contributed by atoms with van der Waals surface area (Å²) in [5.41, 5.74) is 31.6. The van der Waals surface area contributed by atoms with Gasteiger partial charge in [0.25, 0.3) is 0 Å². The fraction of sp³-hybridized carbons (Fsp3) is 0.0412. The molecule has 0 radical (unpaired) electrons. The van der Waals surface area contributed by atoms with Gasteiger partial charge >= 0.3 is 0 Å². The Morgan fingerprint density at radius 3 is 0.853 bits per heavy atom. The fourth-order valence-electron chi connectivity index (χ4n) is 15.5. The van der Waals surface area contributed by atoms with E-state index in [1.54, 1.807) is 0 Å². The Hall–Kier alpha value is -12.3. The highest BCUT2D eigenvalue weighted by Crippen LogP contribution is 2.42. The van der Waals surface area contributed by atoms with Crippen molar-refractivity contribution in [1.82, 2.24) is 15.0 Å². The van der Waals surface area contributed by atoms with Crippen molar-refractivity contribution in [2.24, 2.45) is 0 Å². The highest BCUT2D eigenvalue weighted by Gasteiger charge is 2.40. The summed E-state index contributed by atoms with van der Waals surface area (Å²) in [6.07, 6.45) is 0. The average Bonchev–Trinajstić information content (AvgIpc) is 1.58. The van der Waals surface area contributed by atoms with Crippen molar-refractivity contribution in [3.63, 3.8) is 0 Å². The first-order valence-electron chi connectivity index (χ1n) is 35.3. The summed E-state index contributed by atoms with van der Waals surface area (Å²) < 4.78 is 0. The zero-order valence-electron chi connectivity index (χ0n) is 57.6. The minimum absolute atomic E-state index is 0.702. The molecule has 16 aromatic rings. The van der Waals surface area contributed by atoms with Gasteiger partial charge < -0.3 is 0 Å². The van der Waals surface area contributed by atoms with Crippen molar-refractivity contribution in [3.05, 3.63) is 370 Å². The zero-order chi connectivity index (χ0) is 68.7. The molecule has 0 fully saturated rings. The summed E-state index contributed by atoms with van der Waals surface area (Å²) in [6, 6.07) is 133. The van der Waals surface area contributed by atoms with Gasteiger partial charge in [-0.05, 0) is 139 Å².